The van der Waals surface area contributed by atoms with Crippen molar-refractivity contribution in [3.63, 3.8) is 0 Å². The first-order valence-corrected chi connectivity index (χ1v) is 3.28. The summed E-state index contributed by atoms with van der Waals surface area (Å²) in [6.45, 7) is 1.97. The summed E-state index contributed by atoms with van der Waals surface area (Å²) in [6.07, 6.45) is 3.32. The lowest BCUT2D eigenvalue weighted by Gasteiger charge is -2.00. The molecule has 0 aromatic rings. The SMILES string of the molecule is CNC(=O)C=CC(C)NC. The van der Waals surface area contributed by atoms with E-state index in [1.165, 1.54) is 6.08 Å². The molecule has 0 rings (SSSR count). The number of rotatable bonds is 3. The Morgan fingerprint density at radius 3 is 2.50 bits per heavy atom. The molecule has 0 fully saturated rings. The van der Waals surface area contributed by atoms with Gasteiger partial charge in [0.25, 0.3) is 0 Å². The fourth-order valence-electron chi connectivity index (χ4n) is 0.411. The van der Waals surface area contributed by atoms with Crippen molar-refractivity contribution in [2.75, 3.05) is 14.1 Å². The molecule has 0 saturated heterocycles. The highest BCUT2D eigenvalue weighted by molar-refractivity contribution is 5.87. The summed E-state index contributed by atoms with van der Waals surface area (Å²) in [5, 5.41) is 5.47. The van der Waals surface area contributed by atoms with E-state index in [0.717, 1.165) is 0 Å². The number of carbonyl (C=O) groups is 1. The maximum absolute atomic E-state index is 10.6. The molecule has 0 aromatic carbocycles. The van der Waals surface area contributed by atoms with Crippen LogP contribution in [0.3, 0.4) is 0 Å². The van der Waals surface area contributed by atoms with Gasteiger partial charge < -0.3 is 10.6 Å². The van der Waals surface area contributed by atoms with Crippen LogP contribution in [0, 0.1) is 0 Å². The zero-order chi connectivity index (χ0) is 7.98. The molecule has 0 aliphatic carbocycles. The maximum Gasteiger partial charge on any atom is 0.243 e. The first-order chi connectivity index (χ1) is 4.70. The van der Waals surface area contributed by atoms with E-state index in [2.05, 4.69) is 10.6 Å². The van der Waals surface area contributed by atoms with E-state index in [-0.39, 0.29) is 11.9 Å². The van der Waals surface area contributed by atoms with Gasteiger partial charge in [-0.15, -0.1) is 0 Å². The molecule has 2 N–H and O–H groups in total. The van der Waals surface area contributed by atoms with E-state index >= 15 is 0 Å². The molecule has 1 atom stereocenters. The molecule has 0 radical (unpaired) electrons. The Hall–Kier alpha value is -0.830. The molecule has 0 saturated carbocycles. The Balaban J connectivity index is 3.63. The van der Waals surface area contributed by atoms with Crippen LogP contribution in [0.15, 0.2) is 12.2 Å². The van der Waals surface area contributed by atoms with E-state index < -0.39 is 0 Å². The summed E-state index contributed by atoms with van der Waals surface area (Å²) in [5.74, 6) is -0.0675. The van der Waals surface area contributed by atoms with Crippen LogP contribution in [-0.2, 0) is 4.79 Å². The monoisotopic (exact) mass is 142 g/mol. The van der Waals surface area contributed by atoms with Gasteiger partial charge in [-0.1, -0.05) is 6.08 Å². The molecule has 0 heterocycles. The largest absolute Gasteiger partial charge is 0.356 e. The number of carbonyl (C=O) groups excluding carboxylic acids is 1. The Morgan fingerprint density at radius 1 is 1.50 bits per heavy atom. The molecule has 3 heteroatoms. The predicted octanol–water partition coefficient (Wildman–Crippen LogP) is -0.104. The minimum atomic E-state index is -0.0675. The molecule has 0 spiro atoms. The number of amides is 1. The van der Waals surface area contributed by atoms with Crippen LogP contribution < -0.4 is 10.6 Å². The molecule has 0 aliphatic heterocycles. The molecular formula is C7H14N2O. The minimum absolute atomic E-state index is 0.0675. The third-order valence-electron chi connectivity index (χ3n) is 1.24. The fourth-order valence-corrected chi connectivity index (χ4v) is 0.411. The number of nitrogens with one attached hydrogen (secondary N) is 2. The van der Waals surface area contributed by atoms with Gasteiger partial charge in [0.15, 0.2) is 0 Å². The van der Waals surface area contributed by atoms with Gasteiger partial charge in [-0.2, -0.15) is 0 Å². The number of hydrogen-bond acceptors (Lipinski definition) is 2. The van der Waals surface area contributed by atoms with Gasteiger partial charge in [0.05, 0.1) is 0 Å². The maximum atomic E-state index is 10.6. The van der Waals surface area contributed by atoms with Crippen molar-refractivity contribution in [2.45, 2.75) is 13.0 Å². The van der Waals surface area contributed by atoms with Gasteiger partial charge >= 0.3 is 0 Å². The second kappa shape index (κ2) is 4.99. The normalized spacial score (nSPS) is 13.5. The quantitative estimate of drug-likeness (QED) is 0.540. The lowest BCUT2D eigenvalue weighted by molar-refractivity contribution is -0.116. The first kappa shape index (κ1) is 9.17. The van der Waals surface area contributed by atoms with Gasteiger partial charge in [0.1, 0.15) is 0 Å². The Morgan fingerprint density at radius 2 is 2.10 bits per heavy atom. The van der Waals surface area contributed by atoms with Crippen LogP contribution in [0.5, 0.6) is 0 Å². The zero-order valence-electron chi connectivity index (χ0n) is 6.64. The molecule has 10 heavy (non-hydrogen) atoms. The van der Waals surface area contributed by atoms with Crippen LogP contribution in [-0.4, -0.2) is 26.0 Å². The first-order valence-electron chi connectivity index (χ1n) is 3.28. The summed E-state index contributed by atoms with van der Waals surface area (Å²) in [5.41, 5.74) is 0. The summed E-state index contributed by atoms with van der Waals surface area (Å²) in [7, 11) is 3.45. The van der Waals surface area contributed by atoms with Gasteiger partial charge in [-0.05, 0) is 14.0 Å². The van der Waals surface area contributed by atoms with E-state index in [4.69, 9.17) is 0 Å². The van der Waals surface area contributed by atoms with Crippen LogP contribution in [0.2, 0.25) is 0 Å². The fraction of sp³-hybridized carbons (Fsp3) is 0.571. The lowest BCUT2D eigenvalue weighted by Crippen LogP contribution is -2.20. The van der Waals surface area contributed by atoms with Crippen molar-refractivity contribution in [2.24, 2.45) is 0 Å². The second-order valence-corrected chi connectivity index (χ2v) is 2.05. The average molecular weight is 142 g/mol. The van der Waals surface area contributed by atoms with Gasteiger partial charge in [-0.25, -0.2) is 0 Å². The Labute approximate surface area is 61.5 Å². The summed E-state index contributed by atoms with van der Waals surface area (Å²) >= 11 is 0. The topological polar surface area (TPSA) is 41.1 Å². The Kier molecular flexibility index (Phi) is 4.58. The molecule has 0 bridgehead atoms. The van der Waals surface area contributed by atoms with E-state index in [9.17, 15) is 4.79 Å². The molecule has 58 valence electrons. The van der Waals surface area contributed by atoms with Crippen LogP contribution >= 0.6 is 0 Å². The lowest BCUT2D eigenvalue weighted by atomic mass is 10.3. The smallest absolute Gasteiger partial charge is 0.243 e. The van der Waals surface area contributed by atoms with Crippen molar-refractivity contribution in [1.29, 1.82) is 0 Å². The Bertz CT molecular complexity index is 132. The van der Waals surface area contributed by atoms with Gasteiger partial charge in [0.2, 0.25) is 5.91 Å². The summed E-state index contributed by atoms with van der Waals surface area (Å²) in [6, 6.07) is 0.247. The summed E-state index contributed by atoms with van der Waals surface area (Å²) in [4.78, 5) is 10.6. The van der Waals surface area contributed by atoms with Crippen molar-refractivity contribution in [3.8, 4) is 0 Å². The van der Waals surface area contributed by atoms with Crippen molar-refractivity contribution >= 4 is 5.91 Å². The standard InChI is InChI=1S/C7H14N2O/c1-6(8-2)4-5-7(10)9-3/h4-6,8H,1-3H3,(H,9,10). The molecule has 1 amide bonds. The molecule has 3 nitrogen and oxygen atoms in total. The third-order valence-corrected chi connectivity index (χ3v) is 1.24. The third kappa shape index (κ3) is 4.09. The number of hydrogen-bond donors (Lipinski definition) is 2. The predicted molar refractivity (Wildman–Crippen MR) is 41.7 cm³/mol. The van der Waals surface area contributed by atoms with Gasteiger partial charge in [0, 0.05) is 19.2 Å². The van der Waals surface area contributed by atoms with E-state index in [1.807, 2.05) is 14.0 Å². The van der Waals surface area contributed by atoms with Crippen LogP contribution in [0.1, 0.15) is 6.92 Å². The molecule has 0 aliphatic rings. The zero-order valence-corrected chi connectivity index (χ0v) is 6.64. The average Bonchev–Trinajstić information content (AvgIpc) is 1.99. The van der Waals surface area contributed by atoms with E-state index in [1.54, 1.807) is 13.1 Å². The van der Waals surface area contributed by atoms with Crippen LogP contribution in [0.4, 0.5) is 0 Å². The van der Waals surface area contributed by atoms with Crippen molar-refractivity contribution < 1.29 is 4.79 Å². The molecule has 1 unspecified atom stereocenters. The minimum Gasteiger partial charge on any atom is -0.356 e. The highest BCUT2D eigenvalue weighted by Gasteiger charge is 1.91. The van der Waals surface area contributed by atoms with Gasteiger partial charge in [-0.3, -0.25) is 4.79 Å². The second-order valence-electron chi connectivity index (χ2n) is 2.05. The van der Waals surface area contributed by atoms with E-state index in [0.29, 0.717) is 0 Å². The van der Waals surface area contributed by atoms with Crippen molar-refractivity contribution in [3.05, 3.63) is 12.2 Å². The van der Waals surface area contributed by atoms with Crippen LogP contribution in [0.25, 0.3) is 0 Å². The van der Waals surface area contributed by atoms with Crippen molar-refractivity contribution in [1.82, 2.24) is 10.6 Å². The molecular weight excluding hydrogens is 128 g/mol. The molecule has 0 aromatic heterocycles. The summed E-state index contributed by atoms with van der Waals surface area (Å²) < 4.78 is 0. The number of likely N-dealkylation sites (N-methyl/N-ethyl adjacent to an activating group) is 2. The highest BCUT2D eigenvalue weighted by Crippen LogP contribution is 1.81. The highest BCUT2D eigenvalue weighted by atomic mass is 16.1.